The molecular weight excluding hydrogens is 337 g/mol. The third-order valence-corrected chi connectivity index (χ3v) is 5.53. The number of ether oxygens (including phenoxy) is 1. The van der Waals surface area contributed by atoms with Gasteiger partial charge in [-0.25, -0.2) is 9.88 Å². The summed E-state index contributed by atoms with van der Waals surface area (Å²) in [4.78, 5) is 12.1. The highest BCUT2D eigenvalue weighted by Gasteiger charge is 2.31. The first-order chi connectivity index (χ1) is 12.1. The molecule has 3 aromatic rings. The van der Waals surface area contributed by atoms with Crippen LogP contribution < -0.4 is 15.3 Å². The van der Waals surface area contributed by atoms with Gasteiger partial charge in [0.15, 0.2) is 0 Å². The molecule has 0 atom stereocenters. The summed E-state index contributed by atoms with van der Waals surface area (Å²) in [6.45, 7) is 0.110. The summed E-state index contributed by atoms with van der Waals surface area (Å²) in [5.41, 5.74) is 2.27. The van der Waals surface area contributed by atoms with E-state index in [0.717, 1.165) is 16.3 Å². The average molecular weight is 353 g/mol. The van der Waals surface area contributed by atoms with Crippen LogP contribution in [0.3, 0.4) is 0 Å². The molecule has 0 radical (unpaired) electrons. The lowest BCUT2D eigenvalue weighted by Gasteiger charge is -2.28. The molecule has 1 aliphatic rings. The number of carbonyl (C=O) groups is 1. The lowest BCUT2D eigenvalue weighted by molar-refractivity contribution is 0.146. The van der Waals surface area contributed by atoms with Crippen LogP contribution in [0.1, 0.15) is 5.56 Å². The Balaban J connectivity index is 1.50. The number of rotatable bonds is 3. The predicted molar refractivity (Wildman–Crippen MR) is 98.6 cm³/mol. The van der Waals surface area contributed by atoms with Crippen molar-refractivity contribution < 1.29 is 14.1 Å². The number of anilines is 2. The number of carbonyl (C=O) groups excluding carboxylic acids is 1. The second kappa shape index (κ2) is 6.15. The van der Waals surface area contributed by atoms with Gasteiger partial charge < -0.3 is 14.9 Å². The van der Waals surface area contributed by atoms with Crippen LogP contribution in [0.4, 0.5) is 16.2 Å². The van der Waals surface area contributed by atoms with Crippen molar-refractivity contribution in [2.45, 2.75) is 6.61 Å². The SMILES string of the molecule is O=C(NP1(=O)Nc2cccc3cccc(c23)N1)OCc1ccccc1. The van der Waals surface area contributed by atoms with E-state index in [1.165, 1.54) is 0 Å². The van der Waals surface area contributed by atoms with E-state index in [2.05, 4.69) is 15.3 Å². The van der Waals surface area contributed by atoms with Crippen LogP contribution in [0.25, 0.3) is 10.8 Å². The molecule has 0 aromatic heterocycles. The summed E-state index contributed by atoms with van der Waals surface area (Å²) in [7, 11) is -3.41. The molecule has 0 saturated carbocycles. The average Bonchev–Trinajstić information content (AvgIpc) is 2.61. The van der Waals surface area contributed by atoms with Crippen molar-refractivity contribution in [2.24, 2.45) is 0 Å². The molecule has 0 unspecified atom stereocenters. The molecule has 1 amide bonds. The Morgan fingerprint density at radius 3 is 2.20 bits per heavy atom. The van der Waals surface area contributed by atoms with E-state index in [9.17, 15) is 9.36 Å². The molecule has 1 aliphatic heterocycles. The maximum Gasteiger partial charge on any atom is 0.415 e. The molecule has 126 valence electrons. The first-order valence-corrected chi connectivity index (χ1v) is 9.51. The Bertz CT molecular complexity index is 947. The van der Waals surface area contributed by atoms with E-state index in [4.69, 9.17) is 4.74 Å². The van der Waals surface area contributed by atoms with Gasteiger partial charge in [-0.1, -0.05) is 54.6 Å². The molecule has 3 N–H and O–H groups in total. The van der Waals surface area contributed by atoms with Gasteiger partial charge >= 0.3 is 13.7 Å². The standard InChI is InChI=1S/C18H16N3O3P/c22-18(24-12-13-6-2-1-3-7-13)21-25(23)19-15-10-4-8-14-9-5-11-16(20-25)17(14)15/h1-11H,12H2,(H3,19,20,21,22,23). The van der Waals surface area contributed by atoms with Crippen LogP contribution in [0.5, 0.6) is 0 Å². The molecule has 25 heavy (non-hydrogen) atoms. The smallest absolute Gasteiger partial charge is 0.415 e. The highest BCUT2D eigenvalue weighted by Crippen LogP contribution is 2.50. The Hall–Kier alpha value is -2.98. The van der Waals surface area contributed by atoms with Gasteiger partial charge in [-0.3, -0.25) is 4.57 Å². The van der Waals surface area contributed by atoms with Gasteiger partial charge in [0.1, 0.15) is 6.61 Å². The predicted octanol–water partition coefficient (Wildman–Crippen LogP) is 4.71. The zero-order chi connectivity index (χ0) is 17.3. The topological polar surface area (TPSA) is 79.5 Å². The first kappa shape index (κ1) is 15.5. The molecule has 1 heterocycles. The Morgan fingerprint density at radius 2 is 1.56 bits per heavy atom. The number of nitrogens with one attached hydrogen (secondary N) is 3. The fourth-order valence-corrected chi connectivity index (χ4v) is 4.37. The Kier molecular flexibility index (Phi) is 3.82. The molecule has 0 spiro atoms. The van der Waals surface area contributed by atoms with Gasteiger partial charge in [-0.2, -0.15) is 0 Å². The van der Waals surface area contributed by atoms with Gasteiger partial charge in [-0.15, -0.1) is 0 Å². The molecule has 0 aliphatic carbocycles. The fourth-order valence-electron chi connectivity index (χ4n) is 2.83. The Labute approximate surface area is 144 Å². The van der Waals surface area contributed by atoms with Crippen molar-refractivity contribution in [2.75, 3.05) is 10.2 Å². The third kappa shape index (κ3) is 3.16. The van der Waals surface area contributed by atoms with Crippen LogP contribution in [0, 0.1) is 0 Å². The third-order valence-electron chi connectivity index (χ3n) is 3.92. The van der Waals surface area contributed by atoms with Gasteiger partial charge in [0.05, 0.1) is 11.4 Å². The largest absolute Gasteiger partial charge is 0.444 e. The summed E-state index contributed by atoms with van der Waals surface area (Å²) in [5.74, 6) is 0. The van der Waals surface area contributed by atoms with Crippen molar-refractivity contribution >= 4 is 35.8 Å². The van der Waals surface area contributed by atoms with E-state index in [0.29, 0.717) is 11.4 Å². The van der Waals surface area contributed by atoms with Crippen molar-refractivity contribution in [3.8, 4) is 0 Å². The van der Waals surface area contributed by atoms with E-state index < -0.39 is 13.7 Å². The highest BCUT2D eigenvalue weighted by molar-refractivity contribution is 7.65. The van der Waals surface area contributed by atoms with Crippen LogP contribution in [-0.2, 0) is 15.9 Å². The number of amides is 1. The summed E-state index contributed by atoms with van der Waals surface area (Å²) in [6, 6.07) is 20.7. The van der Waals surface area contributed by atoms with Gasteiger partial charge in [0.25, 0.3) is 0 Å². The lowest BCUT2D eigenvalue weighted by Crippen LogP contribution is -2.29. The number of hydrogen-bond donors (Lipinski definition) is 3. The van der Waals surface area contributed by atoms with Crippen LogP contribution >= 0.6 is 7.59 Å². The number of benzene rings is 3. The van der Waals surface area contributed by atoms with Crippen molar-refractivity contribution in [1.82, 2.24) is 5.09 Å². The maximum absolute atomic E-state index is 13.0. The molecule has 0 saturated heterocycles. The molecule has 0 fully saturated rings. The second-order valence-electron chi connectivity index (χ2n) is 5.72. The zero-order valence-electron chi connectivity index (χ0n) is 13.2. The summed E-state index contributed by atoms with van der Waals surface area (Å²) >= 11 is 0. The molecule has 6 nitrogen and oxygen atoms in total. The summed E-state index contributed by atoms with van der Waals surface area (Å²) in [5, 5.41) is 10.2. The van der Waals surface area contributed by atoms with Crippen molar-refractivity contribution in [1.29, 1.82) is 0 Å². The summed E-state index contributed by atoms with van der Waals surface area (Å²) < 4.78 is 18.2. The molecular formula is C18H16N3O3P. The summed E-state index contributed by atoms with van der Waals surface area (Å²) in [6.07, 6.45) is -0.751. The molecule has 7 heteroatoms. The van der Waals surface area contributed by atoms with Crippen LogP contribution in [0.2, 0.25) is 0 Å². The van der Waals surface area contributed by atoms with Gasteiger partial charge in [0, 0.05) is 5.39 Å². The molecule has 4 rings (SSSR count). The van der Waals surface area contributed by atoms with E-state index in [1.807, 2.05) is 66.7 Å². The molecule has 3 aromatic carbocycles. The minimum absolute atomic E-state index is 0.110. The normalized spacial score (nSPS) is 14.2. The highest BCUT2D eigenvalue weighted by atomic mass is 31.2. The van der Waals surface area contributed by atoms with Crippen molar-refractivity contribution in [3.63, 3.8) is 0 Å². The minimum atomic E-state index is -3.41. The molecule has 0 bridgehead atoms. The van der Waals surface area contributed by atoms with Crippen molar-refractivity contribution in [3.05, 3.63) is 72.3 Å². The fraction of sp³-hybridized carbons (Fsp3) is 0.0556. The monoisotopic (exact) mass is 353 g/mol. The van der Waals surface area contributed by atoms with Gasteiger partial charge in [0.2, 0.25) is 0 Å². The minimum Gasteiger partial charge on any atom is -0.444 e. The zero-order valence-corrected chi connectivity index (χ0v) is 14.1. The van der Waals surface area contributed by atoms with Crippen LogP contribution in [0.15, 0.2) is 66.7 Å². The van der Waals surface area contributed by atoms with E-state index >= 15 is 0 Å². The first-order valence-electron chi connectivity index (χ1n) is 7.80. The maximum atomic E-state index is 13.0. The lowest BCUT2D eigenvalue weighted by atomic mass is 10.1. The Morgan fingerprint density at radius 1 is 0.920 bits per heavy atom. The van der Waals surface area contributed by atoms with Gasteiger partial charge in [-0.05, 0) is 23.1 Å². The van der Waals surface area contributed by atoms with Crippen LogP contribution in [-0.4, -0.2) is 6.09 Å². The second-order valence-corrected chi connectivity index (χ2v) is 7.61. The quantitative estimate of drug-likeness (QED) is 0.594. The van der Waals surface area contributed by atoms with E-state index in [1.54, 1.807) is 0 Å². The van der Waals surface area contributed by atoms with E-state index in [-0.39, 0.29) is 6.61 Å². The number of hydrogen-bond acceptors (Lipinski definition) is 3.